The van der Waals surface area contributed by atoms with Gasteiger partial charge in [0.05, 0.1) is 44.7 Å². The van der Waals surface area contributed by atoms with Crippen molar-refractivity contribution < 1.29 is 99.2 Å². The van der Waals surface area contributed by atoms with Crippen LogP contribution in [0.4, 0.5) is 0 Å². The van der Waals surface area contributed by atoms with Crippen molar-refractivity contribution in [2.45, 2.75) is 195 Å². The molecule has 9 aliphatic rings. The number of aliphatic hydroxyl groups excluding tert-OH is 12. The summed E-state index contributed by atoms with van der Waals surface area (Å²) in [7, 11) is 0. The maximum absolute atomic E-state index is 12.2. The number of hydrogen-bond donors (Lipinski definition) is 12. The van der Waals surface area contributed by atoms with Crippen LogP contribution in [0.15, 0.2) is 11.6 Å². The van der Waals surface area contributed by atoms with Crippen molar-refractivity contribution in [3.05, 3.63) is 11.6 Å². The van der Waals surface area contributed by atoms with Crippen LogP contribution < -0.4 is 0 Å². The molecule has 20 heteroatoms. The third-order valence-electron chi connectivity index (χ3n) is 17.8. The van der Waals surface area contributed by atoms with E-state index >= 15 is 0 Å². The molecule has 0 aromatic rings. The Hall–Kier alpha value is -1.06. The Labute approximate surface area is 377 Å². The molecule has 8 fully saturated rings. The fraction of sp³-hybridized carbons (Fsp3) is 0.956. The summed E-state index contributed by atoms with van der Waals surface area (Å²) in [4.78, 5) is 0. The van der Waals surface area contributed by atoms with Crippen molar-refractivity contribution >= 4 is 0 Å². The quantitative estimate of drug-likeness (QED) is 0.103. The van der Waals surface area contributed by atoms with E-state index in [1.54, 1.807) is 0 Å². The zero-order valence-corrected chi connectivity index (χ0v) is 37.4. The standard InChI is InChI=1S/C45H72O20/c1-17-11-26(49)45(58-16-17)18(2)27-38(65-45)31(52)28-21-6-5-19-12-20(7-9-43(19,3)22(21)8-10-44(27,28)4)59-40-36(57)34(55)37(25(15-48)62-40)63-42-39(33(54)30(51)24(14-47)61-42)64-41-35(56)32(53)29(50)23(13-46)60-41/h5,17-18,20-42,46-57H,6-16H2,1-4H3/t17-,18+,20+,21-,22+,23-,24-,25-,26+,27+,28-,29-,30-,31-,32+,33+,34-,35-,36-,37+,38?,39-,40-,41+,42+,43+,44-,45+/m1/s1. The predicted molar refractivity (Wildman–Crippen MR) is 218 cm³/mol. The molecule has 1 unspecified atom stereocenters. The average molecular weight is 933 g/mol. The molecule has 28 atom stereocenters. The van der Waals surface area contributed by atoms with Crippen LogP contribution in [0.5, 0.6) is 0 Å². The highest BCUT2D eigenvalue weighted by Gasteiger charge is 2.73. The zero-order valence-electron chi connectivity index (χ0n) is 37.4. The van der Waals surface area contributed by atoms with E-state index in [-0.39, 0.29) is 40.4 Å². The number of hydrogen-bond acceptors (Lipinski definition) is 20. The SMILES string of the molecule is C[C@H]1CO[C@@]2(OC3[C@H]([C@@H]2C)[C@@]2(C)CC[C@H]4[C@@H](CC=C5C[C@@H](O[C@@H]6O[C@H](CO)[C@H](O[C@@H]7O[C@H](CO)[C@@H](O)[C@H](O)[C@H]7O[C@@H]7O[C@H](CO)[C@@H](O)[C@H](O)[C@H]7O)[C@H](O)[C@H]6O)CC[C@@]54C)[C@@H]2[C@H]3O)[C@@H](O)C1. The molecule has 0 aromatic heterocycles. The highest BCUT2D eigenvalue weighted by atomic mass is 16.8. The Bertz CT molecular complexity index is 1710. The number of ether oxygens (including phenoxy) is 8. The van der Waals surface area contributed by atoms with E-state index in [1.165, 1.54) is 5.57 Å². The zero-order chi connectivity index (χ0) is 46.7. The maximum atomic E-state index is 12.2. The average Bonchev–Trinajstić information content (AvgIpc) is 3.71. The normalized spacial score (nSPS) is 57.8. The number of fused-ring (bicyclic) bond motifs is 7. The summed E-state index contributed by atoms with van der Waals surface area (Å²) in [6, 6.07) is 0. The van der Waals surface area contributed by atoms with Crippen LogP contribution in [0.3, 0.4) is 0 Å². The molecule has 4 aliphatic carbocycles. The molecular formula is C45H72O20. The molecule has 5 heterocycles. The molecule has 12 N–H and O–H groups in total. The van der Waals surface area contributed by atoms with Gasteiger partial charge in [0.2, 0.25) is 0 Å². The molecule has 372 valence electrons. The van der Waals surface area contributed by atoms with Gasteiger partial charge in [0.25, 0.3) is 0 Å². The van der Waals surface area contributed by atoms with Gasteiger partial charge in [0.15, 0.2) is 24.7 Å². The van der Waals surface area contributed by atoms with Gasteiger partial charge in [-0.1, -0.05) is 39.3 Å². The Morgan fingerprint density at radius 2 is 1.25 bits per heavy atom. The molecule has 65 heavy (non-hydrogen) atoms. The molecule has 0 radical (unpaired) electrons. The van der Waals surface area contributed by atoms with Crippen molar-refractivity contribution in [2.75, 3.05) is 26.4 Å². The van der Waals surface area contributed by atoms with E-state index in [0.717, 1.165) is 25.7 Å². The topological polar surface area (TPSA) is 317 Å². The monoisotopic (exact) mass is 932 g/mol. The number of allylic oxidation sites excluding steroid dienone is 1. The van der Waals surface area contributed by atoms with Crippen molar-refractivity contribution in [3.63, 3.8) is 0 Å². The van der Waals surface area contributed by atoms with Gasteiger partial charge in [-0.2, -0.15) is 0 Å². The van der Waals surface area contributed by atoms with Crippen LogP contribution in [-0.2, 0) is 37.9 Å². The maximum Gasteiger partial charge on any atom is 0.197 e. The van der Waals surface area contributed by atoms with Gasteiger partial charge in [0, 0.05) is 11.8 Å². The first-order chi connectivity index (χ1) is 30.8. The van der Waals surface area contributed by atoms with E-state index in [0.29, 0.717) is 31.8 Å². The summed E-state index contributed by atoms with van der Waals surface area (Å²) in [5, 5.41) is 129. The largest absolute Gasteiger partial charge is 0.394 e. The summed E-state index contributed by atoms with van der Waals surface area (Å²) in [6.45, 7) is 6.99. The lowest BCUT2D eigenvalue weighted by Crippen LogP contribution is -2.67. The van der Waals surface area contributed by atoms with Crippen LogP contribution >= 0.6 is 0 Å². The minimum atomic E-state index is -1.91. The minimum Gasteiger partial charge on any atom is -0.394 e. The second kappa shape index (κ2) is 18.3. The summed E-state index contributed by atoms with van der Waals surface area (Å²) in [5.41, 5.74) is 0.851. The van der Waals surface area contributed by atoms with Gasteiger partial charge in [-0.3, -0.25) is 0 Å². The minimum absolute atomic E-state index is 0.00796. The second-order valence-corrected chi connectivity index (χ2v) is 21.3. The van der Waals surface area contributed by atoms with Gasteiger partial charge in [-0.05, 0) is 79.4 Å². The van der Waals surface area contributed by atoms with Gasteiger partial charge >= 0.3 is 0 Å². The van der Waals surface area contributed by atoms with E-state index in [1.807, 2.05) is 0 Å². The van der Waals surface area contributed by atoms with Crippen molar-refractivity contribution in [1.29, 1.82) is 0 Å². The Morgan fingerprint density at radius 3 is 1.92 bits per heavy atom. The Balaban J connectivity index is 0.860. The molecule has 20 nitrogen and oxygen atoms in total. The van der Waals surface area contributed by atoms with Gasteiger partial charge in [-0.25, -0.2) is 0 Å². The van der Waals surface area contributed by atoms with Gasteiger partial charge in [0.1, 0.15) is 79.4 Å². The van der Waals surface area contributed by atoms with Crippen molar-refractivity contribution in [2.24, 2.45) is 46.3 Å². The summed E-state index contributed by atoms with van der Waals surface area (Å²) < 4.78 is 48.3. The molecular weight excluding hydrogens is 860 g/mol. The second-order valence-electron chi connectivity index (χ2n) is 21.3. The highest BCUT2D eigenvalue weighted by Crippen LogP contribution is 2.70. The predicted octanol–water partition coefficient (Wildman–Crippen LogP) is -2.87. The highest BCUT2D eigenvalue weighted by molar-refractivity contribution is 5.27. The lowest BCUT2D eigenvalue weighted by molar-refractivity contribution is -0.390. The molecule has 9 rings (SSSR count). The number of aliphatic hydroxyl groups is 12. The molecule has 5 aliphatic heterocycles. The molecule has 3 saturated carbocycles. The van der Waals surface area contributed by atoms with Gasteiger partial charge in [-0.15, -0.1) is 0 Å². The Kier molecular flexibility index (Phi) is 13.8. The van der Waals surface area contributed by atoms with E-state index in [4.69, 9.17) is 37.9 Å². The molecule has 0 aromatic carbocycles. The first-order valence-corrected chi connectivity index (χ1v) is 23.7. The molecule has 0 amide bonds. The first kappa shape index (κ1) is 48.9. The van der Waals surface area contributed by atoms with Crippen LogP contribution in [-0.4, -0.2) is 210 Å². The van der Waals surface area contributed by atoms with Gasteiger partial charge < -0.3 is 99.2 Å². The van der Waals surface area contributed by atoms with Crippen LogP contribution in [0.1, 0.15) is 72.6 Å². The van der Waals surface area contributed by atoms with Crippen LogP contribution in [0.25, 0.3) is 0 Å². The fourth-order valence-corrected chi connectivity index (χ4v) is 14.3. The summed E-state index contributed by atoms with van der Waals surface area (Å²) in [6.07, 6.45) is -20.0. The van der Waals surface area contributed by atoms with E-state index < -0.39 is 142 Å². The summed E-state index contributed by atoms with van der Waals surface area (Å²) in [5.74, 6) is -0.400. The smallest absolute Gasteiger partial charge is 0.197 e. The lowest BCUT2D eigenvalue weighted by atomic mass is 9.46. The summed E-state index contributed by atoms with van der Waals surface area (Å²) >= 11 is 0. The van der Waals surface area contributed by atoms with Crippen molar-refractivity contribution in [3.8, 4) is 0 Å². The fourth-order valence-electron chi connectivity index (χ4n) is 14.3. The van der Waals surface area contributed by atoms with Crippen LogP contribution in [0, 0.1) is 46.3 Å². The third-order valence-corrected chi connectivity index (χ3v) is 17.8. The van der Waals surface area contributed by atoms with E-state index in [9.17, 15) is 61.3 Å². The third kappa shape index (κ3) is 7.82. The Morgan fingerprint density at radius 1 is 0.646 bits per heavy atom. The number of rotatable bonds is 9. The first-order valence-electron chi connectivity index (χ1n) is 23.7. The molecule has 1 spiro atoms. The van der Waals surface area contributed by atoms with Crippen LogP contribution in [0.2, 0.25) is 0 Å². The van der Waals surface area contributed by atoms with Crippen molar-refractivity contribution in [1.82, 2.24) is 0 Å². The molecule has 0 bridgehead atoms. The molecule has 5 saturated heterocycles. The van der Waals surface area contributed by atoms with E-state index in [2.05, 4.69) is 33.8 Å². The lowest BCUT2D eigenvalue weighted by Gasteiger charge is -2.59.